The van der Waals surface area contributed by atoms with Crippen LogP contribution in [0.4, 0.5) is 8.78 Å². The van der Waals surface area contributed by atoms with Gasteiger partial charge in [-0.05, 0) is 70.1 Å². The summed E-state index contributed by atoms with van der Waals surface area (Å²) in [5, 5.41) is 25.0. The van der Waals surface area contributed by atoms with Crippen LogP contribution in [0.3, 0.4) is 0 Å². The van der Waals surface area contributed by atoms with Gasteiger partial charge >= 0.3 is 0 Å². The number of nitrogens with zero attached hydrogens (tertiary/aromatic N) is 3. The molecule has 1 atom stereocenters. The number of aromatic nitrogens is 2. The standard InChI is InChI=1S/C18H14F2N4O2S2/c19-13-5-1-11(2-6-13)15-9-21-17(23(15)25)27-28-18-22-10-16(24(18)26)12-3-7-14(20)8-4-12/h1-10,17,21,25-26H. The van der Waals surface area contributed by atoms with E-state index in [1.165, 1.54) is 41.3 Å². The molecule has 1 unspecified atom stereocenters. The van der Waals surface area contributed by atoms with Crippen LogP contribution in [0.5, 0.6) is 0 Å². The summed E-state index contributed by atoms with van der Waals surface area (Å²) in [6.07, 6.45) is 3.11. The summed E-state index contributed by atoms with van der Waals surface area (Å²) >= 11 is 0. The Hall–Kier alpha value is -2.69. The highest BCUT2D eigenvalue weighted by Crippen LogP contribution is 2.39. The SMILES string of the molecule is ON1C(c2ccc(F)cc2)=CNC1SSc1ncc(-c2ccc(F)cc2)n1O. The lowest BCUT2D eigenvalue weighted by Crippen LogP contribution is -2.30. The highest BCUT2D eigenvalue weighted by atomic mass is 33.1. The number of hydrogen-bond donors (Lipinski definition) is 3. The van der Waals surface area contributed by atoms with Crippen LogP contribution in [0.25, 0.3) is 17.0 Å². The van der Waals surface area contributed by atoms with E-state index >= 15 is 0 Å². The maximum absolute atomic E-state index is 13.1. The van der Waals surface area contributed by atoms with E-state index in [9.17, 15) is 19.2 Å². The van der Waals surface area contributed by atoms with Gasteiger partial charge in [-0.25, -0.2) is 18.8 Å². The first-order valence-electron chi connectivity index (χ1n) is 8.09. The summed E-state index contributed by atoms with van der Waals surface area (Å²) in [6, 6.07) is 11.5. The van der Waals surface area contributed by atoms with Crippen molar-refractivity contribution in [2.75, 3.05) is 0 Å². The summed E-state index contributed by atoms with van der Waals surface area (Å²) in [4.78, 5) is 4.16. The number of hydrogen-bond acceptors (Lipinski definition) is 7. The number of nitrogens with one attached hydrogen (secondary N) is 1. The fraction of sp³-hybridized carbons (Fsp3) is 0.0556. The molecule has 10 heteroatoms. The molecule has 0 saturated carbocycles. The van der Waals surface area contributed by atoms with Crippen LogP contribution < -0.4 is 5.32 Å². The minimum Gasteiger partial charge on any atom is -0.426 e. The topological polar surface area (TPSA) is 73.5 Å². The van der Waals surface area contributed by atoms with Crippen LogP contribution in [-0.2, 0) is 0 Å². The monoisotopic (exact) mass is 420 g/mol. The van der Waals surface area contributed by atoms with Crippen LogP contribution in [0, 0.1) is 11.6 Å². The van der Waals surface area contributed by atoms with E-state index < -0.39 is 5.50 Å². The van der Waals surface area contributed by atoms with Gasteiger partial charge in [0.05, 0.1) is 11.9 Å². The Balaban J connectivity index is 1.42. The molecule has 4 rings (SSSR count). The third-order valence-corrected chi connectivity index (χ3v) is 6.36. The number of hydroxylamine groups is 2. The van der Waals surface area contributed by atoms with Gasteiger partial charge in [0.15, 0.2) is 5.50 Å². The maximum atomic E-state index is 13.1. The number of imidazole rings is 1. The van der Waals surface area contributed by atoms with Gasteiger partial charge in [-0.15, -0.1) is 0 Å². The Kier molecular flexibility index (Phi) is 5.16. The molecule has 0 spiro atoms. The van der Waals surface area contributed by atoms with E-state index in [0.717, 1.165) is 20.6 Å². The first kappa shape index (κ1) is 18.7. The van der Waals surface area contributed by atoms with Crippen molar-refractivity contribution >= 4 is 27.3 Å². The lowest BCUT2D eigenvalue weighted by Gasteiger charge is -2.21. The van der Waals surface area contributed by atoms with Crippen LogP contribution in [0.2, 0.25) is 0 Å². The molecule has 2 aromatic carbocycles. The van der Waals surface area contributed by atoms with Gasteiger partial charge in [0, 0.05) is 17.3 Å². The van der Waals surface area contributed by atoms with Gasteiger partial charge < -0.3 is 10.5 Å². The molecule has 1 aliphatic rings. The van der Waals surface area contributed by atoms with E-state index in [1.54, 1.807) is 30.5 Å². The van der Waals surface area contributed by atoms with Gasteiger partial charge in [0.25, 0.3) is 0 Å². The van der Waals surface area contributed by atoms with E-state index in [4.69, 9.17) is 0 Å². The highest BCUT2D eigenvalue weighted by molar-refractivity contribution is 8.76. The third-order valence-electron chi connectivity index (χ3n) is 4.03. The maximum Gasteiger partial charge on any atom is 0.214 e. The second-order valence-corrected chi connectivity index (χ2v) is 8.07. The normalized spacial score (nSPS) is 16.2. The molecule has 28 heavy (non-hydrogen) atoms. The summed E-state index contributed by atoms with van der Waals surface area (Å²) in [5.41, 5.74) is 1.67. The molecule has 6 nitrogen and oxygen atoms in total. The van der Waals surface area contributed by atoms with Gasteiger partial charge in [0.1, 0.15) is 17.3 Å². The number of benzene rings is 2. The molecule has 3 aromatic rings. The van der Waals surface area contributed by atoms with Crippen molar-refractivity contribution in [3.05, 3.63) is 78.1 Å². The Morgan fingerprint density at radius 3 is 2.18 bits per heavy atom. The van der Waals surface area contributed by atoms with Crippen LogP contribution in [-0.4, -0.2) is 30.7 Å². The summed E-state index contributed by atoms with van der Waals surface area (Å²) in [7, 11) is 2.38. The van der Waals surface area contributed by atoms with Gasteiger partial charge in [-0.2, -0.15) is 4.73 Å². The summed E-state index contributed by atoms with van der Waals surface area (Å²) in [5.74, 6) is -0.717. The van der Waals surface area contributed by atoms with Gasteiger partial charge in [-0.1, -0.05) is 0 Å². The fourth-order valence-corrected chi connectivity index (χ4v) is 4.65. The quantitative estimate of drug-likeness (QED) is 0.418. The number of rotatable bonds is 5. The van der Waals surface area contributed by atoms with Crippen molar-refractivity contribution in [1.82, 2.24) is 20.1 Å². The molecule has 0 amide bonds. The Morgan fingerprint density at radius 2 is 1.54 bits per heavy atom. The van der Waals surface area contributed by atoms with Gasteiger partial charge in [-0.3, -0.25) is 5.21 Å². The van der Waals surface area contributed by atoms with Crippen molar-refractivity contribution < 1.29 is 19.2 Å². The zero-order valence-electron chi connectivity index (χ0n) is 14.2. The highest BCUT2D eigenvalue weighted by Gasteiger charge is 2.27. The van der Waals surface area contributed by atoms with Crippen LogP contribution in [0.15, 0.2) is 66.1 Å². The van der Waals surface area contributed by atoms with Crippen molar-refractivity contribution in [3.8, 4) is 11.3 Å². The summed E-state index contributed by atoms with van der Waals surface area (Å²) < 4.78 is 27.0. The molecule has 0 radical (unpaired) electrons. The smallest absolute Gasteiger partial charge is 0.214 e. The first-order valence-corrected chi connectivity index (χ1v) is 10.3. The summed E-state index contributed by atoms with van der Waals surface area (Å²) in [6.45, 7) is 0. The molecule has 3 N–H and O–H groups in total. The lowest BCUT2D eigenvalue weighted by molar-refractivity contribution is -0.0338. The van der Waals surface area contributed by atoms with Gasteiger partial charge in [0.2, 0.25) is 5.16 Å². The molecular weight excluding hydrogens is 406 g/mol. The minimum atomic E-state index is -0.531. The molecule has 0 bridgehead atoms. The Labute approximate surface area is 166 Å². The average Bonchev–Trinajstić information content (AvgIpc) is 3.24. The molecule has 0 fully saturated rings. The number of halogens is 2. The van der Waals surface area contributed by atoms with Crippen molar-refractivity contribution in [3.63, 3.8) is 0 Å². The van der Waals surface area contributed by atoms with E-state index in [1.807, 2.05) is 0 Å². The van der Waals surface area contributed by atoms with Crippen molar-refractivity contribution in [2.24, 2.45) is 0 Å². The first-order chi connectivity index (χ1) is 13.5. The predicted molar refractivity (Wildman–Crippen MR) is 103 cm³/mol. The van der Waals surface area contributed by atoms with E-state index in [0.29, 0.717) is 27.7 Å². The zero-order chi connectivity index (χ0) is 19.7. The minimum absolute atomic E-state index is 0.301. The zero-order valence-corrected chi connectivity index (χ0v) is 15.8. The third kappa shape index (κ3) is 3.66. The molecule has 144 valence electrons. The molecule has 0 saturated heterocycles. The van der Waals surface area contributed by atoms with E-state index in [2.05, 4.69) is 10.3 Å². The Morgan fingerprint density at radius 1 is 0.929 bits per heavy atom. The Bertz CT molecular complexity index is 1010. The largest absolute Gasteiger partial charge is 0.426 e. The molecule has 1 aromatic heterocycles. The van der Waals surface area contributed by atoms with Crippen molar-refractivity contribution in [1.29, 1.82) is 0 Å². The van der Waals surface area contributed by atoms with E-state index in [-0.39, 0.29) is 11.6 Å². The molecular formula is C18H14F2N4O2S2. The van der Waals surface area contributed by atoms with Crippen LogP contribution in [0.1, 0.15) is 5.56 Å². The van der Waals surface area contributed by atoms with Crippen LogP contribution >= 0.6 is 21.6 Å². The predicted octanol–water partition coefficient (Wildman–Crippen LogP) is 4.38. The molecule has 0 aliphatic carbocycles. The average molecular weight is 420 g/mol. The fourth-order valence-electron chi connectivity index (χ4n) is 2.61. The lowest BCUT2D eigenvalue weighted by atomic mass is 10.2. The second kappa shape index (κ2) is 7.74. The molecule has 2 heterocycles. The molecule has 1 aliphatic heterocycles. The second-order valence-electron chi connectivity index (χ2n) is 5.82. The van der Waals surface area contributed by atoms with Crippen molar-refractivity contribution in [2.45, 2.75) is 10.7 Å².